The van der Waals surface area contributed by atoms with Crippen molar-refractivity contribution in [2.45, 2.75) is 58.0 Å². The van der Waals surface area contributed by atoms with Crippen LogP contribution in [0.3, 0.4) is 0 Å². The van der Waals surface area contributed by atoms with Gasteiger partial charge in [0.05, 0.1) is 10.2 Å². The van der Waals surface area contributed by atoms with E-state index in [0.29, 0.717) is 17.7 Å². The van der Waals surface area contributed by atoms with Crippen LogP contribution in [0.15, 0.2) is 29.9 Å². The van der Waals surface area contributed by atoms with Gasteiger partial charge in [-0.1, -0.05) is 13.3 Å². The van der Waals surface area contributed by atoms with Crippen LogP contribution in [0.5, 0.6) is 0 Å². The first-order valence-electron chi connectivity index (χ1n) is 12.1. The first-order chi connectivity index (χ1) is 17.0. The fourth-order valence-electron chi connectivity index (χ4n) is 4.77. The summed E-state index contributed by atoms with van der Waals surface area (Å²) in [4.78, 5) is 26.6. The van der Waals surface area contributed by atoms with Gasteiger partial charge in [0.25, 0.3) is 5.91 Å². The van der Waals surface area contributed by atoms with Crippen LogP contribution in [0, 0.1) is 12.8 Å². The van der Waals surface area contributed by atoms with Gasteiger partial charge < -0.3 is 20.5 Å². The molecule has 4 heterocycles. The minimum absolute atomic E-state index is 0.0581. The Bertz CT molecular complexity index is 1310. The van der Waals surface area contributed by atoms with Crippen LogP contribution in [0.4, 0.5) is 17.6 Å². The molecule has 1 saturated carbocycles. The molecular weight excluding hydrogens is 462 g/mol. The highest BCUT2D eigenvalue weighted by Gasteiger charge is 2.28. The van der Waals surface area contributed by atoms with Crippen molar-refractivity contribution in [1.82, 2.24) is 35.0 Å². The van der Waals surface area contributed by atoms with Crippen LogP contribution < -0.4 is 16.0 Å². The largest absolute Gasteiger partial charge is 0.351 e. The fraction of sp³-hybridized carbons (Fsp3) is 0.458. The molecular formula is C24H31N9OS. The second kappa shape index (κ2) is 10.0. The van der Waals surface area contributed by atoms with Crippen LogP contribution in [0.2, 0.25) is 0 Å². The molecule has 0 radical (unpaired) electrons. The number of aromatic nitrogens is 6. The molecule has 4 N–H and O–H groups in total. The molecule has 0 spiro atoms. The molecule has 0 aliphatic heterocycles. The zero-order chi connectivity index (χ0) is 24.4. The monoisotopic (exact) mass is 493 g/mol. The normalized spacial score (nSPS) is 20.5. The Balaban J connectivity index is 1.35. The topological polar surface area (TPSA) is 125 Å². The van der Waals surface area contributed by atoms with Gasteiger partial charge in [-0.15, -0.1) is 11.3 Å². The Morgan fingerprint density at radius 1 is 1.26 bits per heavy atom. The lowest BCUT2D eigenvalue weighted by atomic mass is 9.96. The summed E-state index contributed by atoms with van der Waals surface area (Å²) >= 11 is 1.60. The molecule has 184 valence electrons. The van der Waals surface area contributed by atoms with E-state index in [1.165, 1.54) is 0 Å². The summed E-state index contributed by atoms with van der Waals surface area (Å²) in [6.07, 6.45) is 8.38. The van der Waals surface area contributed by atoms with E-state index in [1.807, 2.05) is 31.5 Å². The number of carbonyl (C=O) groups excluding carboxylic acids is 1. The zero-order valence-corrected chi connectivity index (χ0v) is 21.0. The molecule has 1 amide bonds. The Hall–Kier alpha value is -3.47. The van der Waals surface area contributed by atoms with E-state index in [2.05, 4.69) is 38.1 Å². The molecule has 3 unspecified atom stereocenters. The summed E-state index contributed by atoms with van der Waals surface area (Å²) in [7, 11) is 1.83. The van der Waals surface area contributed by atoms with Crippen molar-refractivity contribution < 1.29 is 4.79 Å². The molecule has 10 nitrogen and oxygen atoms in total. The molecule has 4 aromatic rings. The standard InChI is InChI=1S/C24H31N9OS/c1-4-15-5-6-16(26-23(34)22-25-8-9-33(22)3)13-17(12-15)27-24-28-18-7-10-35-20(18)21(30-24)29-19-11-14(2)31-32-19/h7-11,15-17H,4-6,12-13H2,1-3H3,(H,26,34)(H3,27,28,29,30,31,32). The molecule has 5 rings (SSSR count). The summed E-state index contributed by atoms with van der Waals surface area (Å²) in [5.74, 6) is 2.92. The van der Waals surface area contributed by atoms with E-state index in [1.54, 1.807) is 28.3 Å². The maximum atomic E-state index is 12.8. The minimum Gasteiger partial charge on any atom is -0.351 e. The maximum absolute atomic E-state index is 12.8. The van der Waals surface area contributed by atoms with Crippen molar-refractivity contribution in [3.05, 3.63) is 41.4 Å². The number of aryl methyl sites for hydroxylation is 2. The minimum atomic E-state index is -0.132. The lowest BCUT2D eigenvalue weighted by Crippen LogP contribution is -2.39. The lowest BCUT2D eigenvalue weighted by molar-refractivity contribution is 0.0919. The summed E-state index contributed by atoms with van der Waals surface area (Å²) in [5.41, 5.74) is 1.87. The molecule has 0 bridgehead atoms. The number of hydrogen-bond donors (Lipinski definition) is 4. The van der Waals surface area contributed by atoms with Crippen molar-refractivity contribution >= 4 is 45.0 Å². The van der Waals surface area contributed by atoms with E-state index in [-0.39, 0.29) is 18.0 Å². The number of amides is 1. The summed E-state index contributed by atoms with van der Waals surface area (Å²) in [6.45, 7) is 4.20. The van der Waals surface area contributed by atoms with Gasteiger partial charge in [0, 0.05) is 43.3 Å². The number of fused-ring (bicyclic) bond motifs is 1. The van der Waals surface area contributed by atoms with E-state index in [9.17, 15) is 4.79 Å². The average molecular weight is 494 g/mol. The second-order valence-electron chi connectivity index (χ2n) is 9.29. The third kappa shape index (κ3) is 5.29. The predicted molar refractivity (Wildman–Crippen MR) is 138 cm³/mol. The number of aromatic amines is 1. The molecule has 3 atom stereocenters. The highest BCUT2D eigenvalue weighted by atomic mass is 32.1. The number of nitrogens with one attached hydrogen (secondary N) is 4. The number of rotatable bonds is 7. The Morgan fingerprint density at radius 3 is 2.89 bits per heavy atom. The third-order valence-electron chi connectivity index (χ3n) is 6.64. The van der Waals surface area contributed by atoms with Crippen LogP contribution in [-0.4, -0.2) is 47.7 Å². The predicted octanol–water partition coefficient (Wildman–Crippen LogP) is 4.38. The Kier molecular flexibility index (Phi) is 6.67. The van der Waals surface area contributed by atoms with Crippen LogP contribution in [0.25, 0.3) is 10.2 Å². The molecule has 4 aromatic heterocycles. The first kappa shape index (κ1) is 23.3. The molecule has 11 heteroatoms. The number of H-pyrrole nitrogens is 1. The zero-order valence-electron chi connectivity index (χ0n) is 20.2. The quantitative estimate of drug-likeness (QED) is 0.282. The number of hydrogen-bond acceptors (Lipinski definition) is 8. The van der Waals surface area contributed by atoms with Crippen LogP contribution in [-0.2, 0) is 7.05 Å². The molecule has 0 aromatic carbocycles. The summed E-state index contributed by atoms with van der Waals surface area (Å²) < 4.78 is 2.74. The molecule has 1 aliphatic rings. The van der Waals surface area contributed by atoms with E-state index < -0.39 is 0 Å². The highest BCUT2D eigenvalue weighted by Crippen LogP contribution is 2.31. The van der Waals surface area contributed by atoms with Gasteiger partial charge in [-0.25, -0.2) is 9.97 Å². The fourth-order valence-corrected chi connectivity index (χ4v) is 5.54. The van der Waals surface area contributed by atoms with E-state index in [0.717, 1.165) is 59.7 Å². The van der Waals surface area contributed by atoms with E-state index in [4.69, 9.17) is 9.97 Å². The van der Waals surface area contributed by atoms with E-state index >= 15 is 0 Å². The molecule has 0 saturated heterocycles. The van der Waals surface area contributed by atoms with Gasteiger partial charge >= 0.3 is 0 Å². The smallest absolute Gasteiger partial charge is 0.287 e. The van der Waals surface area contributed by atoms with Crippen molar-refractivity contribution in [3.63, 3.8) is 0 Å². The lowest BCUT2D eigenvalue weighted by Gasteiger charge is -2.23. The molecule has 1 aliphatic carbocycles. The number of carbonyl (C=O) groups is 1. The Morgan fingerprint density at radius 2 is 2.14 bits per heavy atom. The second-order valence-corrected chi connectivity index (χ2v) is 10.2. The van der Waals surface area contributed by atoms with Gasteiger partial charge in [-0.2, -0.15) is 10.1 Å². The van der Waals surface area contributed by atoms with Crippen molar-refractivity contribution in [3.8, 4) is 0 Å². The molecule has 1 fully saturated rings. The SMILES string of the molecule is CCC1CCC(NC(=O)c2nccn2C)CC(Nc2nc(Nc3cc(C)[nH]n3)c3sccc3n2)C1. The van der Waals surface area contributed by atoms with Crippen LogP contribution in [0.1, 0.15) is 55.3 Å². The number of anilines is 3. The van der Waals surface area contributed by atoms with Crippen molar-refractivity contribution in [2.75, 3.05) is 10.6 Å². The van der Waals surface area contributed by atoms with Gasteiger partial charge in [-0.05, 0) is 50.0 Å². The summed E-state index contributed by atoms with van der Waals surface area (Å²) in [6, 6.07) is 4.15. The maximum Gasteiger partial charge on any atom is 0.287 e. The highest BCUT2D eigenvalue weighted by molar-refractivity contribution is 7.17. The average Bonchev–Trinajstić information content (AvgIpc) is 3.54. The first-order valence-corrected chi connectivity index (χ1v) is 13.0. The number of nitrogens with zero attached hydrogens (tertiary/aromatic N) is 5. The number of imidazole rings is 1. The number of thiophene rings is 1. The van der Waals surface area contributed by atoms with Crippen molar-refractivity contribution in [2.24, 2.45) is 13.0 Å². The van der Waals surface area contributed by atoms with Crippen LogP contribution >= 0.6 is 11.3 Å². The molecule has 35 heavy (non-hydrogen) atoms. The van der Waals surface area contributed by atoms with Gasteiger partial charge in [0.15, 0.2) is 17.5 Å². The van der Waals surface area contributed by atoms with Gasteiger partial charge in [0.1, 0.15) is 0 Å². The third-order valence-corrected chi connectivity index (χ3v) is 7.55. The summed E-state index contributed by atoms with van der Waals surface area (Å²) in [5, 5.41) is 19.4. The van der Waals surface area contributed by atoms with Gasteiger partial charge in [-0.3, -0.25) is 9.89 Å². The Labute approximate surface area is 208 Å². The van der Waals surface area contributed by atoms with Crippen molar-refractivity contribution in [1.29, 1.82) is 0 Å². The van der Waals surface area contributed by atoms with Gasteiger partial charge in [0.2, 0.25) is 5.95 Å².